The zero-order chi connectivity index (χ0) is 15.1. The van der Waals surface area contributed by atoms with E-state index in [9.17, 15) is 0 Å². The summed E-state index contributed by atoms with van der Waals surface area (Å²) in [4.78, 5) is 4.57. The Hall–Kier alpha value is -0.790. The molecule has 22 heavy (non-hydrogen) atoms. The first kappa shape index (κ1) is 19.3. The van der Waals surface area contributed by atoms with Crippen LogP contribution in [0.25, 0.3) is 0 Å². The smallest absolute Gasteiger partial charge is 0.191 e. The molecule has 0 bridgehead atoms. The van der Waals surface area contributed by atoms with Crippen LogP contribution >= 0.6 is 24.0 Å². The number of rotatable bonds is 8. The number of hydrogen-bond acceptors (Lipinski definition) is 3. The van der Waals surface area contributed by atoms with Gasteiger partial charge in [-0.05, 0) is 38.5 Å². The topological polar surface area (TPSA) is 62.5 Å². The number of nitrogens with zero attached hydrogens (tertiary/aromatic N) is 2. The molecule has 2 N–H and O–H groups in total. The van der Waals surface area contributed by atoms with E-state index < -0.39 is 0 Å². The average molecular weight is 420 g/mol. The van der Waals surface area contributed by atoms with Crippen LogP contribution in [0.5, 0.6) is 0 Å². The van der Waals surface area contributed by atoms with Crippen molar-refractivity contribution in [2.24, 2.45) is 10.9 Å². The number of hydrogen-bond donors (Lipinski definition) is 2. The molecule has 1 aliphatic carbocycles. The molecule has 0 unspecified atom stereocenters. The van der Waals surface area contributed by atoms with E-state index in [0.29, 0.717) is 12.5 Å². The van der Waals surface area contributed by atoms with E-state index in [-0.39, 0.29) is 24.0 Å². The second kappa shape index (κ2) is 10.1. The van der Waals surface area contributed by atoms with E-state index in [1.165, 1.54) is 12.8 Å². The number of aliphatic imine (C=N–C) groups is 1. The van der Waals surface area contributed by atoms with Gasteiger partial charge in [0.25, 0.3) is 0 Å². The molecule has 1 aromatic rings. The van der Waals surface area contributed by atoms with Crippen LogP contribution in [0.1, 0.15) is 63.8 Å². The van der Waals surface area contributed by atoms with E-state index in [1.54, 1.807) is 0 Å². The quantitative estimate of drug-likeness (QED) is 0.383. The van der Waals surface area contributed by atoms with Gasteiger partial charge in [-0.1, -0.05) is 19.0 Å². The Morgan fingerprint density at radius 2 is 2.05 bits per heavy atom. The third-order valence-corrected chi connectivity index (χ3v) is 3.97. The van der Waals surface area contributed by atoms with E-state index in [2.05, 4.69) is 41.6 Å². The van der Waals surface area contributed by atoms with E-state index in [1.807, 2.05) is 6.07 Å². The first-order valence-electron chi connectivity index (χ1n) is 8.24. The second-order valence-corrected chi connectivity index (χ2v) is 5.75. The molecule has 0 aromatic carbocycles. The lowest BCUT2D eigenvalue weighted by atomic mass is 9.99. The summed E-state index contributed by atoms with van der Waals surface area (Å²) in [5.41, 5.74) is 1.06. The molecule has 1 heterocycles. The molecule has 1 fully saturated rings. The minimum absolute atomic E-state index is 0. The minimum atomic E-state index is 0. The van der Waals surface area contributed by atoms with Crippen LogP contribution < -0.4 is 10.6 Å². The predicted octanol–water partition coefficient (Wildman–Crippen LogP) is 3.66. The Labute approximate surface area is 150 Å². The first-order chi connectivity index (χ1) is 10.3. The van der Waals surface area contributed by atoms with Gasteiger partial charge in [0.1, 0.15) is 6.54 Å². The third-order valence-electron chi connectivity index (χ3n) is 3.97. The zero-order valence-electron chi connectivity index (χ0n) is 13.9. The predicted molar refractivity (Wildman–Crippen MR) is 101 cm³/mol. The maximum atomic E-state index is 5.40. The van der Waals surface area contributed by atoms with Crippen molar-refractivity contribution < 1.29 is 4.52 Å². The largest absolute Gasteiger partial charge is 0.359 e. The standard InChI is InChI=1S/C16H28N4O.HI/c1-4-13(5-2)15-9-14(21-20-15)11-19-16(17-6-3)18-10-12-7-8-12;/h9,12-13H,4-8,10-11H2,1-3H3,(H2,17,18,19);1H. The molecule has 1 saturated carbocycles. The van der Waals surface area contributed by atoms with Crippen LogP contribution in [-0.4, -0.2) is 24.2 Å². The Bertz CT molecular complexity index is 453. The van der Waals surface area contributed by atoms with Gasteiger partial charge in [-0.3, -0.25) is 0 Å². The summed E-state index contributed by atoms with van der Waals surface area (Å²) in [6.07, 6.45) is 4.87. The molecule has 1 aliphatic rings. The fourth-order valence-corrected chi connectivity index (χ4v) is 2.36. The van der Waals surface area contributed by atoms with Gasteiger partial charge in [0, 0.05) is 25.1 Å². The lowest BCUT2D eigenvalue weighted by molar-refractivity contribution is 0.372. The Kier molecular flexibility index (Phi) is 8.82. The molecule has 1 aromatic heterocycles. The van der Waals surface area contributed by atoms with Crippen molar-refractivity contribution >= 4 is 29.9 Å². The highest BCUT2D eigenvalue weighted by molar-refractivity contribution is 14.0. The lowest BCUT2D eigenvalue weighted by Gasteiger charge is -2.09. The van der Waals surface area contributed by atoms with Crippen molar-refractivity contribution in [2.75, 3.05) is 13.1 Å². The monoisotopic (exact) mass is 420 g/mol. The van der Waals surface area contributed by atoms with Crippen molar-refractivity contribution in [1.29, 1.82) is 0 Å². The van der Waals surface area contributed by atoms with Crippen LogP contribution in [0.2, 0.25) is 0 Å². The second-order valence-electron chi connectivity index (χ2n) is 5.75. The maximum absolute atomic E-state index is 5.40. The van der Waals surface area contributed by atoms with E-state index >= 15 is 0 Å². The van der Waals surface area contributed by atoms with Crippen molar-refractivity contribution in [1.82, 2.24) is 15.8 Å². The number of guanidine groups is 1. The molecule has 0 spiro atoms. The fourth-order valence-electron chi connectivity index (χ4n) is 2.36. The molecule has 5 nitrogen and oxygen atoms in total. The molecule has 2 rings (SSSR count). The normalized spacial score (nSPS) is 14.8. The van der Waals surface area contributed by atoms with Gasteiger partial charge in [0.2, 0.25) is 0 Å². The lowest BCUT2D eigenvalue weighted by Crippen LogP contribution is -2.38. The highest BCUT2D eigenvalue weighted by atomic mass is 127. The summed E-state index contributed by atoms with van der Waals surface area (Å²) in [7, 11) is 0. The van der Waals surface area contributed by atoms with Gasteiger partial charge < -0.3 is 15.2 Å². The molecule has 0 amide bonds. The molecule has 0 atom stereocenters. The molecule has 0 aliphatic heterocycles. The number of nitrogens with one attached hydrogen (secondary N) is 2. The van der Waals surface area contributed by atoms with E-state index in [0.717, 1.165) is 49.3 Å². The number of halogens is 1. The van der Waals surface area contributed by atoms with Gasteiger partial charge in [0.15, 0.2) is 11.7 Å². The summed E-state index contributed by atoms with van der Waals surface area (Å²) in [6, 6.07) is 2.05. The van der Waals surface area contributed by atoms with Gasteiger partial charge in [-0.15, -0.1) is 24.0 Å². The van der Waals surface area contributed by atoms with Gasteiger partial charge >= 0.3 is 0 Å². The average Bonchev–Trinajstić information content (AvgIpc) is 3.21. The Morgan fingerprint density at radius 1 is 1.32 bits per heavy atom. The van der Waals surface area contributed by atoms with Crippen LogP contribution in [0.4, 0.5) is 0 Å². The third kappa shape index (κ3) is 6.14. The molecule has 0 saturated heterocycles. The first-order valence-corrected chi connectivity index (χ1v) is 8.24. The van der Waals surface area contributed by atoms with Crippen LogP contribution in [-0.2, 0) is 6.54 Å². The highest BCUT2D eigenvalue weighted by Crippen LogP contribution is 2.27. The molecule has 0 radical (unpaired) electrons. The molecule has 6 heteroatoms. The van der Waals surface area contributed by atoms with Gasteiger partial charge in [-0.25, -0.2) is 4.99 Å². The van der Waals surface area contributed by atoms with Gasteiger partial charge in [-0.2, -0.15) is 0 Å². The van der Waals surface area contributed by atoms with Crippen molar-refractivity contribution in [3.63, 3.8) is 0 Å². The summed E-state index contributed by atoms with van der Waals surface area (Å²) < 4.78 is 5.40. The van der Waals surface area contributed by atoms with Crippen molar-refractivity contribution in [2.45, 2.75) is 58.9 Å². The van der Waals surface area contributed by atoms with Crippen LogP contribution in [0.3, 0.4) is 0 Å². The molecule has 126 valence electrons. The Balaban J connectivity index is 0.00000242. The number of aromatic nitrogens is 1. The van der Waals surface area contributed by atoms with Crippen molar-refractivity contribution in [3.05, 3.63) is 17.5 Å². The van der Waals surface area contributed by atoms with Crippen LogP contribution in [0.15, 0.2) is 15.6 Å². The van der Waals surface area contributed by atoms with Gasteiger partial charge in [0.05, 0.1) is 5.69 Å². The fraction of sp³-hybridized carbons (Fsp3) is 0.750. The summed E-state index contributed by atoms with van der Waals surface area (Å²) in [6.45, 7) is 8.87. The summed E-state index contributed by atoms with van der Waals surface area (Å²) in [5.74, 6) is 3.03. The van der Waals surface area contributed by atoms with Crippen molar-refractivity contribution in [3.8, 4) is 0 Å². The molecular weight excluding hydrogens is 391 g/mol. The highest BCUT2D eigenvalue weighted by Gasteiger charge is 2.21. The summed E-state index contributed by atoms with van der Waals surface area (Å²) >= 11 is 0. The zero-order valence-corrected chi connectivity index (χ0v) is 16.2. The Morgan fingerprint density at radius 3 is 2.64 bits per heavy atom. The molecular formula is C16H29IN4O. The van der Waals surface area contributed by atoms with E-state index in [4.69, 9.17) is 4.52 Å². The summed E-state index contributed by atoms with van der Waals surface area (Å²) in [5, 5.41) is 10.8. The SMILES string of the molecule is CCNC(=NCc1cc(C(CC)CC)no1)NCC1CC1.I. The minimum Gasteiger partial charge on any atom is -0.359 e. The van der Waals surface area contributed by atoms with Crippen LogP contribution in [0, 0.1) is 5.92 Å². The maximum Gasteiger partial charge on any atom is 0.191 e.